The summed E-state index contributed by atoms with van der Waals surface area (Å²) in [6.07, 6.45) is 4.46. The summed E-state index contributed by atoms with van der Waals surface area (Å²) in [5, 5.41) is 11.6. The summed E-state index contributed by atoms with van der Waals surface area (Å²) in [6.45, 7) is 0.673. The molecular weight excluding hydrogens is 266 g/mol. The summed E-state index contributed by atoms with van der Waals surface area (Å²) in [5.74, 6) is -0.0915. The lowest BCUT2D eigenvalue weighted by atomic mass is 10.2. The Morgan fingerprint density at radius 2 is 2.00 bits per heavy atom. The van der Waals surface area contributed by atoms with Crippen molar-refractivity contribution in [3.63, 3.8) is 0 Å². The highest BCUT2D eigenvalue weighted by atomic mass is 16.1. The van der Waals surface area contributed by atoms with Crippen LogP contribution in [0, 0.1) is 11.3 Å². The van der Waals surface area contributed by atoms with Crippen LogP contribution >= 0.6 is 0 Å². The van der Waals surface area contributed by atoms with E-state index >= 15 is 0 Å². The van der Waals surface area contributed by atoms with E-state index < -0.39 is 0 Å². The van der Waals surface area contributed by atoms with Gasteiger partial charge in [-0.25, -0.2) is 0 Å². The van der Waals surface area contributed by atoms with E-state index in [9.17, 15) is 9.59 Å². The van der Waals surface area contributed by atoms with E-state index in [1.165, 1.54) is 12.1 Å². The molecule has 21 heavy (non-hydrogen) atoms. The molecule has 106 valence electrons. The van der Waals surface area contributed by atoms with Gasteiger partial charge in [0.15, 0.2) is 5.43 Å². The van der Waals surface area contributed by atoms with Gasteiger partial charge in [0.25, 0.3) is 0 Å². The molecule has 0 saturated carbocycles. The van der Waals surface area contributed by atoms with Gasteiger partial charge in [-0.1, -0.05) is 6.07 Å². The Bertz CT molecular complexity index is 708. The second kappa shape index (κ2) is 7.06. The molecule has 2 rings (SSSR count). The highest BCUT2D eigenvalue weighted by Crippen LogP contribution is 2.10. The number of nitrogens with one attached hydrogen (secondary N) is 1. The Kier molecular flexibility index (Phi) is 4.89. The zero-order valence-electron chi connectivity index (χ0n) is 11.5. The van der Waals surface area contributed by atoms with E-state index in [1.807, 2.05) is 10.6 Å². The summed E-state index contributed by atoms with van der Waals surface area (Å²) >= 11 is 0. The van der Waals surface area contributed by atoms with E-state index in [0.717, 1.165) is 0 Å². The predicted octanol–water partition coefficient (Wildman–Crippen LogP) is 2.14. The van der Waals surface area contributed by atoms with Crippen LogP contribution in [0.4, 0.5) is 5.69 Å². The minimum atomic E-state index is -0.0915. The molecule has 0 radical (unpaired) electrons. The molecule has 0 atom stereocenters. The largest absolute Gasteiger partial charge is 0.354 e. The van der Waals surface area contributed by atoms with Crippen LogP contribution in [0.2, 0.25) is 0 Å². The zero-order valence-corrected chi connectivity index (χ0v) is 11.5. The minimum absolute atomic E-state index is 0.0265. The van der Waals surface area contributed by atoms with Gasteiger partial charge >= 0.3 is 0 Å². The lowest BCUT2D eigenvalue weighted by Gasteiger charge is -2.07. The molecule has 1 N–H and O–H groups in total. The number of pyridine rings is 1. The summed E-state index contributed by atoms with van der Waals surface area (Å²) in [7, 11) is 0. The third-order valence-corrected chi connectivity index (χ3v) is 2.96. The number of anilines is 1. The highest BCUT2D eigenvalue weighted by Gasteiger charge is 2.03. The molecule has 0 aliphatic carbocycles. The Morgan fingerprint density at radius 1 is 1.24 bits per heavy atom. The standard InChI is InChI=1S/C16H15N3O2/c17-12-13-3-1-4-14(11-13)18-16(21)5-2-8-19-9-6-15(20)7-10-19/h1,3-4,6-7,9-11H,2,5,8H2,(H,18,21). The molecule has 0 aliphatic rings. The van der Waals surface area contributed by atoms with Gasteiger partial charge in [-0.15, -0.1) is 0 Å². The van der Waals surface area contributed by atoms with E-state index in [1.54, 1.807) is 36.7 Å². The first-order chi connectivity index (χ1) is 10.2. The van der Waals surface area contributed by atoms with Crippen LogP contribution in [0.5, 0.6) is 0 Å². The van der Waals surface area contributed by atoms with Gasteiger partial charge in [0, 0.05) is 43.2 Å². The Balaban J connectivity index is 1.81. The van der Waals surface area contributed by atoms with Crippen LogP contribution in [0.3, 0.4) is 0 Å². The zero-order chi connectivity index (χ0) is 15.1. The molecule has 1 amide bonds. The molecule has 0 unspecified atom stereocenters. The molecule has 5 heteroatoms. The monoisotopic (exact) mass is 281 g/mol. The summed E-state index contributed by atoms with van der Waals surface area (Å²) in [6, 6.07) is 11.8. The van der Waals surface area contributed by atoms with Crippen molar-refractivity contribution in [3.05, 3.63) is 64.6 Å². The second-order valence-electron chi connectivity index (χ2n) is 4.62. The molecule has 1 aromatic carbocycles. The lowest BCUT2D eigenvalue weighted by Crippen LogP contribution is -2.12. The van der Waals surface area contributed by atoms with E-state index in [0.29, 0.717) is 30.6 Å². The third kappa shape index (κ3) is 4.62. The van der Waals surface area contributed by atoms with Gasteiger partial charge in [-0.3, -0.25) is 9.59 Å². The molecule has 1 heterocycles. The van der Waals surface area contributed by atoms with Crippen LogP contribution in [0.15, 0.2) is 53.6 Å². The van der Waals surface area contributed by atoms with E-state index in [-0.39, 0.29) is 11.3 Å². The maximum absolute atomic E-state index is 11.8. The smallest absolute Gasteiger partial charge is 0.224 e. The number of amides is 1. The first-order valence-corrected chi connectivity index (χ1v) is 6.63. The summed E-state index contributed by atoms with van der Waals surface area (Å²) < 4.78 is 1.87. The van der Waals surface area contributed by atoms with Gasteiger partial charge in [0.2, 0.25) is 5.91 Å². The fourth-order valence-electron chi connectivity index (χ4n) is 1.90. The normalized spacial score (nSPS) is 9.86. The van der Waals surface area contributed by atoms with Gasteiger partial charge < -0.3 is 9.88 Å². The average Bonchev–Trinajstić information content (AvgIpc) is 2.49. The van der Waals surface area contributed by atoms with Crippen molar-refractivity contribution in [1.29, 1.82) is 5.26 Å². The van der Waals surface area contributed by atoms with Gasteiger partial charge in [-0.05, 0) is 24.6 Å². The molecule has 0 aliphatic heterocycles. The van der Waals surface area contributed by atoms with Gasteiger partial charge in [0.05, 0.1) is 11.6 Å². The van der Waals surface area contributed by atoms with Crippen molar-refractivity contribution in [3.8, 4) is 6.07 Å². The number of aryl methyl sites for hydroxylation is 1. The number of carbonyl (C=O) groups excluding carboxylic acids is 1. The van der Waals surface area contributed by atoms with E-state index in [2.05, 4.69) is 5.32 Å². The summed E-state index contributed by atoms with van der Waals surface area (Å²) in [4.78, 5) is 22.8. The van der Waals surface area contributed by atoms with Crippen molar-refractivity contribution < 1.29 is 4.79 Å². The van der Waals surface area contributed by atoms with Crippen LogP contribution in [0.1, 0.15) is 18.4 Å². The first kappa shape index (κ1) is 14.5. The molecule has 2 aromatic rings. The van der Waals surface area contributed by atoms with Crippen molar-refractivity contribution in [2.45, 2.75) is 19.4 Å². The fourth-order valence-corrected chi connectivity index (χ4v) is 1.90. The van der Waals surface area contributed by atoms with Crippen molar-refractivity contribution in [1.82, 2.24) is 4.57 Å². The molecule has 1 aromatic heterocycles. The number of benzene rings is 1. The number of rotatable bonds is 5. The van der Waals surface area contributed by atoms with Gasteiger partial charge in [-0.2, -0.15) is 5.26 Å². The van der Waals surface area contributed by atoms with Crippen molar-refractivity contribution in [2.24, 2.45) is 0 Å². The molecule has 0 fully saturated rings. The topological polar surface area (TPSA) is 74.9 Å². The third-order valence-electron chi connectivity index (χ3n) is 2.96. The van der Waals surface area contributed by atoms with Crippen LogP contribution in [-0.2, 0) is 11.3 Å². The fraction of sp³-hybridized carbons (Fsp3) is 0.188. The van der Waals surface area contributed by atoms with E-state index in [4.69, 9.17) is 5.26 Å². The Hall–Kier alpha value is -2.87. The number of nitrogens with zero attached hydrogens (tertiary/aromatic N) is 2. The quantitative estimate of drug-likeness (QED) is 0.912. The van der Waals surface area contributed by atoms with Gasteiger partial charge in [0.1, 0.15) is 0 Å². The van der Waals surface area contributed by atoms with Crippen molar-refractivity contribution in [2.75, 3.05) is 5.32 Å². The molecular formula is C16H15N3O2. The Labute approximate surface area is 122 Å². The number of hydrogen-bond donors (Lipinski definition) is 1. The molecule has 0 spiro atoms. The Morgan fingerprint density at radius 3 is 2.71 bits per heavy atom. The number of hydrogen-bond acceptors (Lipinski definition) is 3. The minimum Gasteiger partial charge on any atom is -0.354 e. The number of nitriles is 1. The maximum Gasteiger partial charge on any atom is 0.224 e. The molecule has 0 bridgehead atoms. The second-order valence-corrected chi connectivity index (χ2v) is 4.62. The van der Waals surface area contributed by atoms with Crippen molar-refractivity contribution >= 4 is 11.6 Å². The molecule has 0 saturated heterocycles. The van der Waals surface area contributed by atoms with Crippen LogP contribution in [-0.4, -0.2) is 10.5 Å². The summed E-state index contributed by atoms with van der Waals surface area (Å²) in [5.41, 5.74) is 1.12. The maximum atomic E-state index is 11.8. The number of aromatic nitrogens is 1. The average molecular weight is 281 g/mol. The molecule has 5 nitrogen and oxygen atoms in total. The highest BCUT2D eigenvalue weighted by molar-refractivity contribution is 5.90. The SMILES string of the molecule is N#Cc1cccc(NC(=O)CCCn2ccc(=O)cc2)c1. The van der Waals surface area contributed by atoms with Crippen LogP contribution < -0.4 is 10.7 Å². The predicted molar refractivity (Wildman–Crippen MR) is 79.7 cm³/mol. The lowest BCUT2D eigenvalue weighted by molar-refractivity contribution is -0.116. The van der Waals surface area contributed by atoms with Crippen LogP contribution in [0.25, 0.3) is 0 Å². The number of carbonyl (C=O) groups is 1. The first-order valence-electron chi connectivity index (χ1n) is 6.63.